The van der Waals surface area contributed by atoms with Crippen molar-refractivity contribution in [1.29, 1.82) is 0 Å². The third-order valence-corrected chi connectivity index (χ3v) is 7.23. The maximum atomic E-state index is 13.6. The van der Waals surface area contributed by atoms with Crippen molar-refractivity contribution in [3.05, 3.63) is 98.1 Å². The molecule has 0 amide bonds. The van der Waals surface area contributed by atoms with Crippen LogP contribution in [0.1, 0.15) is 36.7 Å². The fraction of sp³-hybridized carbons (Fsp3) is 0.227. The molecule has 0 bridgehead atoms. The summed E-state index contributed by atoms with van der Waals surface area (Å²) < 4.78 is 12.7. The molecule has 1 atom stereocenters. The number of benzene rings is 2. The van der Waals surface area contributed by atoms with Gasteiger partial charge in [0.05, 0.1) is 15.7 Å². The van der Waals surface area contributed by atoms with E-state index in [1.807, 2.05) is 0 Å². The lowest BCUT2D eigenvalue weighted by molar-refractivity contribution is -0.384. The van der Waals surface area contributed by atoms with Gasteiger partial charge in [-0.2, -0.15) is 0 Å². The molecular weight excluding hydrogens is 419 g/mol. The zero-order valence-electron chi connectivity index (χ0n) is 17.6. The van der Waals surface area contributed by atoms with Crippen molar-refractivity contribution in [3.8, 4) is 0 Å². The standard InChI is InChI=1S/C22H23N2O6P/c1-14-19(20(25)16-9-6-5-7-10-16)22(3,17-11-8-12-18(13-17)24(26)27)21(31(28,29)30)15(2)23(14)4/h5-13H,1-4H3,(H2,28,29,30). The molecule has 9 heteroatoms. The van der Waals surface area contributed by atoms with Crippen LogP contribution in [0, 0.1) is 10.1 Å². The summed E-state index contributed by atoms with van der Waals surface area (Å²) in [7, 11) is -3.24. The van der Waals surface area contributed by atoms with Gasteiger partial charge in [0.25, 0.3) is 5.69 Å². The smallest absolute Gasteiger partial charge is 0.351 e. The maximum Gasteiger partial charge on any atom is 0.355 e. The molecule has 1 unspecified atom stereocenters. The fourth-order valence-corrected chi connectivity index (χ4v) is 5.65. The largest absolute Gasteiger partial charge is 0.355 e. The molecule has 0 spiro atoms. The lowest BCUT2D eigenvalue weighted by Gasteiger charge is -2.44. The first kappa shape index (κ1) is 22.6. The zero-order chi connectivity index (χ0) is 23.1. The molecule has 2 N–H and O–H groups in total. The minimum atomic E-state index is -4.87. The number of carbonyl (C=O) groups excluding carboxylic acids is 1. The quantitative estimate of drug-likeness (QED) is 0.305. The topological polar surface area (TPSA) is 121 Å². The highest BCUT2D eigenvalue weighted by molar-refractivity contribution is 7.56. The number of nitro groups is 1. The first-order chi connectivity index (χ1) is 14.4. The molecule has 0 aliphatic carbocycles. The Kier molecular flexibility index (Phi) is 5.76. The van der Waals surface area contributed by atoms with Gasteiger partial charge in [0.1, 0.15) is 0 Å². The van der Waals surface area contributed by atoms with Gasteiger partial charge in [-0.05, 0) is 26.3 Å². The SMILES string of the molecule is CC1=C(C(=O)c2ccccc2)C(C)(c2cccc([N+](=O)[O-])c2)C(P(=O)(O)O)=C(C)N1C. The van der Waals surface area contributed by atoms with Crippen LogP contribution in [-0.4, -0.2) is 32.4 Å². The Balaban J connectivity index is 2.42. The molecule has 3 rings (SSSR count). The molecule has 1 aliphatic rings. The highest BCUT2D eigenvalue weighted by atomic mass is 31.2. The van der Waals surface area contributed by atoms with Crippen molar-refractivity contribution < 1.29 is 24.1 Å². The summed E-state index contributed by atoms with van der Waals surface area (Å²) >= 11 is 0. The van der Waals surface area contributed by atoms with E-state index in [2.05, 4.69) is 0 Å². The van der Waals surface area contributed by atoms with Gasteiger partial charge in [-0.1, -0.05) is 42.5 Å². The van der Waals surface area contributed by atoms with E-state index < -0.39 is 23.7 Å². The molecule has 0 fully saturated rings. The molecule has 0 aromatic heterocycles. The minimum Gasteiger partial charge on any atom is -0.351 e. The second kappa shape index (κ2) is 7.89. The van der Waals surface area contributed by atoms with Gasteiger partial charge in [0.15, 0.2) is 5.78 Å². The molecule has 0 saturated heterocycles. The van der Waals surface area contributed by atoms with Gasteiger partial charge in [-0.3, -0.25) is 19.5 Å². The Labute approximate surface area is 179 Å². The van der Waals surface area contributed by atoms with Gasteiger partial charge < -0.3 is 14.7 Å². The number of nitro benzene ring substituents is 1. The Morgan fingerprint density at radius 3 is 2.23 bits per heavy atom. The van der Waals surface area contributed by atoms with Crippen LogP contribution in [-0.2, 0) is 9.98 Å². The summed E-state index contributed by atoms with van der Waals surface area (Å²) in [6.45, 7) is 4.81. The predicted molar refractivity (Wildman–Crippen MR) is 116 cm³/mol. The van der Waals surface area contributed by atoms with Crippen LogP contribution in [0.3, 0.4) is 0 Å². The fourth-order valence-electron chi connectivity index (χ4n) is 4.26. The first-order valence-electron chi connectivity index (χ1n) is 9.48. The van der Waals surface area contributed by atoms with Crippen molar-refractivity contribution in [3.63, 3.8) is 0 Å². The van der Waals surface area contributed by atoms with Crippen LogP contribution in [0.15, 0.2) is 76.9 Å². The second-order valence-electron chi connectivity index (χ2n) is 7.63. The van der Waals surface area contributed by atoms with Crippen LogP contribution in [0.2, 0.25) is 0 Å². The van der Waals surface area contributed by atoms with E-state index in [1.165, 1.54) is 25.1 Å². The monoisotopic (exact) mass is 442 g/mol. The van der Waals surface area contributed by atoms with Crippen molar-refractivity contribution >= 4 is 19.1 Å². The molecule has 0 saturated carbocycles. The van der Waals surface area contributed by atoms with E-state index in [0.29, 0.717) is 17.0 Å². The number of non-ortho nitro benzene ring substituents is 1. The Morgan fingerprint density at radius 1 is 1.06 bits per heavy atom. The Morgan fingerprint density at radius 2 is 1.68 bits per heavy atom. The van der Waals surface area contributed by atoms with E-state index in [4.69, 9.17) is 0 Å². The third-order valence-electron chi connectivity index (χ3n) is 5.87. The third kappa shape index (κ3) is 3.74. The van der Waals surface area contributed by atoms with Crippen LogP contribution in [0.5, 0.6) is 0 Å². The summed E-state index contributed by atoms with van der Waals surface area (Å²) in [5.74, 6) is -0.405. The lowest BCUT2D eigenvalue weighted by Crippen LogP contribution is -2.40. The summed E-state index contributed by atoms with van der Waals surface area (Å²) in [5.41, 5.74) is -0.242. The molecule has 8 nitrogen and oxygen atoms in total. The van der Waals surface area contributed by atoms with Gasteiger partial charge in [0.2, 0.25) is 0 Å². The van der Waals surface area contributed by atoms with Crippen LogP contribution in [0.25, 0.3) is 0 Å². The summed E-state index contributed by atoms with van der Waals surface area (Å²) in [4.78, 5) is 46.7. The van der Waals surface area contributed by atoms with Crippen LogP contribution >= 0.6 is 7.60 Å². The maximum absolute atomic E-state index is 13.6. The summed E-state index contributed by atoms with van der Waals surface area (Å²) in [6, 6.07) is 14.0. The van der Waals surface area contributed by atoms with E-state index in [1.54, 1.807) is 62.2 Å². The second-order valence-corrected chi connectivity index (χ2v) is 9.16. The molecule has 31 heavy (non-hydrogen) atoms. The van der Waals surface area contributed by atoms with E-state index in [0.717, 1.165) is 0 Å². The zero-order valence-corrected chi connectivity index (χ0v) is 18.5. The molecule has 2 aromatic carbocycles. The normalized spacial score (nSPS) is 19.6. The first-order valence-corrected chi connectivity index (χ1v) is 11.1. The number of nitrogens with zero attached hydrogens (tertiary/aromatic N) is 2. The number of rotatable bonds is 5. The van der Waals surface area contributed by atoms with Gasteiger partial charge in [-0.15, -0.1) is 0 Å². The predicted octanol–water partition coefficient (Wildman–Crippen LogP) is 4.36. The average Bonchev–Trinajstić information content (AvgIpc) is 2.72. The molecule has 0 radical (unpaired) electrons. The highest BCUT2D eigenvalue weighted by Gasteiger charge is 2.51. The Bertz CT molecular complexity index is 1180. The van der Waals surface area contributed by atoms with E-state index in [9.17, 15) is 29.3 Å². The van der Waals surface area contributed by atoms with E-state index >= 15 is 0 Å². The van der Waals surface area contributed by atoms with E-state index in [-0.39, 0.29) is 22.1 Å². The van der Waals surface area contributed by atoms with Gasteiger partial charge >= 0.3 is 7.60 Å². The number of hydrogen-bond donors (Lipinski definition) is 2. The minimum absolute atomic E-state index is 0.158. The highest BCUT2D eigenvalue weighted by Crippen LogP contribution is 2.61. The molecule has 1 heterocycles. The number of Topliss-reactive ketones (excluding diaryl/α,β-unsaturated/α-hetero) is 1. The molecule has 2 aromatic rings. The molecular formula is C22H23N2O6P. The number of ketones is 1. The lowest BCUT2D eigenvalue weighted by atomic mass is 9.69. The summed E-state index contributed by atoms with van der Waals surface area (Å²) in [6.07, 6.45) is 0. The van der Waals surface area contributed by atoms with Crippen LogP contribution < -0.4 is 0 Å². The van der Waals surface area contributed by atoms with Crippen molar-refractivity contribution in [2.45, 2.75) is 26.2 Å². The van der Waals surface area contributed by atoms with Crippen molar-refractivity contribution in [1.82, 2.24) is 4.90 Å². The molecule has 162 valence electrons. The van der Waals surface area contributed by atoms with Crippen LogP contribution in [0.4, 0.5) is 5.69 Å². The van der Waals surface area contributed by atoms with Gasteiger partial charge in [0, 0.05) is 41.7 Å². The average molecular weight is 442 g/mol. The van der Waals surface area contributed by atoms with Gasteiger partial charge in [-0.25, -0.2) is 0 Å². The Hall–Kier alpha value is -3.06. The molecule has 1 aliphatic heterocycles. The number of hydrogen-bond acceptors (Lipinski definition) is 5. The number of carbonyl (C=O) groups is 1. The van der Waals surface area contributed by atoms with Crippen molar-refractivity contribution in [2.24, 2.45) is 0 Å². The number of allylic oxidation sites excluding steroid dienone is 4. The van der Waals surface area contributed by atoms with Crippen molar-refractivity contribution in [2.75, 3.05) is 7.05 Å². The summed E-state index contributed by atoms with van der Waals surface area (Å²) in [5, 5.41) is 11.1.